The van der Waals surface area contributed by atoms with Crippen LogP contribution in [0.2, 0.25) is 0 Å². The van der Waals surface area contributed by atoms with Crippen molar-refractivity contribution in [2.75, 3.05) is 5.75 Å². The van der Waals surface area contributed by atoms with Gasteiger partial charge in [-0.2, -0.15) is 8.78 Å². The lowest BCUT2D eigenvalue weighted by atomic mass is 10.5. The molecule has 0 aliphatic carbocycles. The maximum Gasteiger partial charge on any atom is 0.266 e. The molecule has 1 heterocycles. The Morgan fingerprint density at radius 2 is 2.50 bits per heavy atom. The van der Waals surface area contributed by atoms with Gasteiger partial charge in [0.25, 0.3) is 6.08 Å². The van der Waals surface area contributed by atoms with Gasteiger partial charge >= 0.3 is 0 Å². The molecule has 0 fully saturated rings. The second kappa shape index (κ2) is 6.08. The third-order valence-corrected chi connectivity index (χ3v) is 3.78. The summed E-state index contributed by atoms with van der Waals surface area (Å²) in [5.74, 6) is 0.620. The van der Waals surface area contributed by atoms with Gasteiger partial charge in [-0.3, -0.25) is 0 Å². The molecule has 0 atom stereocenters. The normalized spacial score (nSPS) is 18.4. The third kappa shape index (κ3) is 4.15. The minimum atomic E-state index is -1.63. The molecule has 1 aliphatic rings. The first kappa shape index (κ1) is 11.6. The van der Waals surface area contributed by atoms with Gasteiger partial charge in [0.15, 0.2) is 0 Å². The molecular formula is C8H9F2NOS2. The van der Waals surface area contributed by atoms with Crippen LogP contribution in [0.4, 0.5) is 8.78 Å². The average molecular weight is 237 g/mol. The van der Waals surface area contributed by atoms with Crippen molar-refractivity contribution in [3.63, 3.8) is 0 Å². The minimum absolute atomic E-state index is 0.358. The summed E-state index contributed by atoms with van der Waals surface area (Å²) in [6.45, 7) is 0. The Kier molecular flexibility index (Phi) is 5.03. The molecule has 0 amide bonds. The fourth-order valence-electron chi connectivity index (χ4n) is 0.847. The standard InChI is InChI=1S/C8H9F2NOS2/c9-6(10)2-1-5-13-8-4-3-7(11-12)14-8/h2,4,12H,1,3,5H2/b11-7-. The van der Waals surface area contributed by atoms with Gasteiger partial charge < -0.3 is 5.21 Å². The fourth-order valence-corrected chi connectivity index (χ4v) is 2.87. The van der Waals surface area contributed by atoms with Crippen molar-refractivity contribution in [2.24, 2.45) is 5.16 Å². The van der Waals surface area contributed by atoms with Crippen molar-refractivity contribution in [1.29, 1.82) is 0 Å². The zero-order valence-corrected chi connectivity index (χ0v) is 8.88. The van der Waals surface area contributed by atoms with Crippen LogP contribution in [-0.2, 0) is 0 Å². The molecule has 1 aliphatic heterocycles. The van der Waals surface area contributed by atoms with E-state index in [2.05, 4.69) is 5.16 Å². The van der Waals surface area contributed by atoms with Crippen LogP contribution in [0.25, 0.3) is 0 Å². The van der Waals surface area contributed by atoms with E-state index >= 15 is 0 Å². The topological polar surface area (TPSA) is 32.6 Å². The summed E-state index contributed by atoms with van der Waals surface area (Å²) in [5.41, 5.74) is 0. The molecule has 1 N–H and O–H groups in total. The Hall–Kier alpha value is -0.490. The second-order valence-corrected chi connectivity index (χ2v) is 4.96. The molecule has 0 saturated heterocycles. The Balaban J connectivity index is 2.18. The monoisotopic (exact) mass is 237 g/mol. The summed E-state index contributed by atoms with van der Waals surface area (Å²) in [7, 11) is 0. The van der Waals surface area contributed by atoms with Crippen molar-refractivity contribution < 1.29 is 14.0 Å². The highest BCUT2D eigenvalue weighted by Crippen LogP contribution is 2.36. The largest absolute Gasteiger partial charge is 0.410 e. The van der Waals surface area contributed by atoms with Crippen LogP contribution in [0.5, 0.6) is 0 Å². The van der Waals surface area contributed by atoms with Crippen LogP contribution in [0.1, 0.15) is 12.8 Å². The van der Waals surface area contributed by atoms with E-state index in [1.807, 2.05) is 6.08 Å². The van der Waals surface area contributed by atoms with Crippen molar-refractivity contribution in [1.82, 2.24) is 0 Å². The quantitative estimate of drug-likeness (QED) is 0.460. The molecule has 0 aromatic heterocycles. The highest BCUT2D eigenvalue weighted by atomic mass is 32.2. The molecule has 0 saturated carbocycles. The molecular weight excluding hydrogens is 228 g/mol. The van der Waals surface area contributed by atoms with Gasteiger partial charge in [-0.05, 0) is 12.5 Å². The van der Waals surface area contributed by atoms with E-state index in [4.69, 9.17) is 5.21 Å². The number of halogens is 2. The lowest BCUT2D eigenvalue weighted by Gasteiger charge is -1.97. The second-order valence-electron chi connectivity index (χ2n) is 2.45. The predicted molar refractivity (Wildman–Crippen MR) is 56.9 cm³/mol. The minimum Gasteiger partial charge on any atom is -0.410 e. The predicted octanol–water partition coefficient (Wildman–Crippen LogP) is 3.66. The molecule has 14 heavy (non-hydrogen) atoms. The maximum atomic E-state index is 11.6. The summed E-state index contributed by atoms with van der Waals surface area (Å²) in [4.78, 5) is 0. The van der Waals surface area contributed by atoms with E-state index in [-0.39, 0.29) is 0 Å². The lowest BCUT2D eigenvalue weighted by molar-refractivity contribution is 0.320. The van der Waals surface area contributed by atoms with Gasteiger partial charge in [0.05, 0.1) is 0 Å². The van der Waals surface area contributed by atoms with E-state index in [9.17, 15) is 8.78 Å². The summed E-state index contributed by atoms with van der Waals surface area (Å²) in [5, 5.41) is 12.2. The van der Waals surface area contributed by atoms with Crippen LogP contribution in [0.3, 0.4) is 0 Å². The van der Waals surface area contributed by atoms with E-state index in [1.165, 1.54) is 23.5 Å². The average Bonchev–Trinajstić information content (AvgIpc) is 2.60. The first-order chi connectivity index (χ1) is 6.72. The zero-order chi connectivity index (χ0) is 10.4. The van der Waals surface area contributed by atoms with Gasteiger partial charge in [-0.15, -0.1) is 11.8 Å². The van der Waals surface area contributed by atoms with Gasteiger partial charge in [-0.1, -0.05) is 23.0 Å². The molecule has 1 rings (SSSR count). The Morgan fingerprint density at radius 1 is 1.71 bits per heavy atom. The molecule has 6 heteroatoms. The van der Waals surface area contributed by atoms with E-state index in [1.54, 1.807) is 0 Å². The highest BCUT2D eigenvalue weighted by Gasteiger charge is 2.12. The number of nitrogens with zero attached hydrogens (tertiary/aromatic N) is 1. The Labute approximate surface area is 89.1 Å². The third-order valence-electron chi connectivity index (χ3n) is 1.43. The van der Waals surface area contributed by atoms with E-state index < -0.39 is 6.08 Å². The number of rotatable bonds is 4. The summed E-state index contributed by atoms with van der Waals surface area (Å²) in [6.07, 6.45) is 2.21. The number of hydrogen-bond donors (Lipinski definition) is 1. The molecule has 0 aromatic carbocycles. The van der Waals surface area contributed by atoms with Gasteiger partial charge in [-0.25, -0.2) is 0 Å². The Morgan fingerprint density at radius 3 is 3.07 bits per heavy atom. The van der Waals surface area contributed by atoms with Gasteiger partial charge in [0, 0.05) is 16.4 Å². The SMILES string of the molecule is O/N=C1/CC=C(SCCC=C(F)F)S1. The number of allylic oxidation sites excluding steroid dienone is 2. The highest BCUT2D eigenvalue weighted by molar-refractivity contribution is 8.30. The maximum absolute atomic E-state index is 11.6. The van der Waals surface area contributed by atoms with Crippen molar-refractivity contribution in [3.05, 3.63) is 22.5 Å². The molecule has 0 bridgehead atoms. The summed E-state index contributed by atoms with van der Waals surface area (Å²) < 4.78 is 24.3. The Bertz CT molecular complexity index is 285. The lowest BCUT2D eigenvalue weighted by Crippen LogP contribution is -1.81. The molecule has 0 aromatic rings. The number of thioether (sulfide) groups is 2. The van der Waals surface area contributed by atoms with Crippen LogP contribution < -0.4 is 0 Å². The summed E-state index contributed by atoms with van der Waals surface area (Å²) in [6, 6.07) is 0. The van der Waals surface area contributed by atoms with Crippen LogP contribution in [0, 0.1) is 0 Å². The fraction of sp³-hybridized carbons (Fsp3) is 0.375. The van der Waals surface area contributed by atoms with Gasteiger partial charge in [0.2, 0.25) is 0 Å². The number of hydrogen-bond acceptors (Lipinski definition) is 4. The molecule has 2 nitrogen and oxygen atoms in total. The molecule has 0 unspecified atom stereocenters. The van der Waals surface area contributed by atoms with Gasteiger partial charge in [0.1, 0.15) is 5.04 Å². The van der Waals surface area contributed by atoms with Crippen LogP contribution >= 0.6 is 23.5 Å². The first-order valence-corrected chi connectivity index (χ1v) is 5.75. The van der Waals surface area contributed by atoms with Crippen LogP contribution in [0.15, 0.2) is 27.6 Å². The van der Waals surface area contributed by atoms with Crippen molar-refractivity contribution >= 4 is 28.6 Å². The summed E-state index contributed by atoms with van der Waals surface area (Å²) >= 11 is 2.88. The smallest absolute Gasteiger partial charge is 0.266 e. The molecule has 0 radical (unpaired) electrons. The molecule has 0 spiro atoms. The van der Waals surface area contributed by atoms with Crippen molar-refractivity contribution in [2.45, 2.75) is 12.8 Å². The van der Waals surface area contributed by atoms with Crippen molar-refractivity contribution in [3.8, 4) is 0 Å². The first-order valence-electron chi connectivity index (χ1n) is 3.95. The van der Waals surface area contributed by atoms with Crippen LogP contribution in [-0.4, -0.2) is 16.0 Å². The number of oxime groups is 1. The zero-order valence-electron chi connectivity index (χ0n) is 7.24. The van der Waals surface area contributed by atoms with E-state index in [0.717, 1.165) is 10.3 Å². The molecule has 78 valence electrons. The van der Waals surface area contributed by atoms with E-state index in [0.29, 0.717) is 23.6 Å².